The number of benzene rings is 1. The SMILES string of the molecule is CC(=O)c1cccc(CN[C@@H]2CCCN(c3ccc(C(F)(F)F)cn3)C2)c1. The summed E-state index contributed by atoms with van der Waals surface area (Å²) in [5.74, 6) is 0.599. The van der Waals surface area contributed by atoms with Crippen molar-refractivity contribution in [1.29, 1.82) is 0 Å². The molecule has 2 aromatic rings. The van der Waals surface area contributed by atoms with E-state index in [2.05, 4.69) is 10.3 Å². The highest BCUT2D eigenvalue weighted by molar-refractivity contribution is 5.94. The molecule has 1 aromatic heterocycles. The molecular formula is C20H22F3N3O. The molecule has 0 amide bonds. The molecule has 0 aliphatic carbocycles. The summed E-state index contributed by atoms with van der Waals surface area (Å²) in [4.78, 5) is 17.5. The molecule has 1 fully saturated rings. The third-order valence-electron chi connectivity index (χ3n) is 4.75. The summed E-state index contributed by atoms with van der Waals surface area (Å²) in [5, 5.41) is 3.48. The van der Waals surface area contributed by atoms with Crippen LogP contribution in [-0.4, -0.2) is 29.9 Å². The highest BCUT2D eigenvalue weighted by Crippen LogP contribution is 2.29. The smallest absolute Gasteiger partial charge is 0.355 e. The van der Waals surface area contributed by atoms with Crippen molar-refractivity contribution >= 4 is 11.6 Å². The molecule has 1 aliphatic heterocycles. The van der Waals surface area contributed by atoms with Gasteiger partial charge >= 0.3 is 6.18 Å². The Morgan fingerprint density at radius 1 is 1.30 bits per heavy atom. The summed E-state index contributed by atoms with van der Waals surface area (Å²) in [6.45, 7) is 3.64. The highest BCUT2D eigenvalue weighted by atomic mass is 19.4. The second-order valence-corrected chi connectivity index (χ2v) is 6.83. The van der Waals surface area contributed by atoms with E-state index in [1.807, 2.05) is 23.1 Å². The molecule has 27 heavy (non-hydrogen) atoms. The van der Waals surface area contributed by atoms with E-state index in [9.17, 15) is 18.0 Å². The van der Waals surface area contributed by atoms with Crippen molar-refractivity contribution in [1.82, 2.24) is 10.3 Å². The van der Waals surface area contributed by atoms with Crippen LogP contribution < -0.4 is 10.2 Å². The van der Waals surface area contributed by atoms with E-state index in [0.29, 0.717) is 24.5 Å². The van der Waals surface area contributed by atoms with Gasteiger partial charge in [0.05, 0.1) is 5.56 Å². The fourth-order valence-corrected chi connectivity index (χ4v) is 3.26. The lowest BCUT2D eigenvalue weighted by Gasteiger charge is -2.34. The quantitative estimate of drug-likeness (QED) is 0.798. The van der Waals surface area contributed by atoms with Crippen LogP contribution in [0.1, 0.15) is 41.3 Å². The lowest BCUT2D eigenvalue weighted by Crippen LogP contribution is -2.45. The number of carbonyl (C=O) groups is 1. The van der Waals surface area contributed by atoms with E-state index in [4.69, 9.17) is 0 Å². The molecule has 0 unspecified atom stereocenters. The van der Waals surface area contributed by atoms with E-state index in [-0.39, 0.29) is 11.8 Å². The molecule has 0 radical (unpaired) electrons. The Bertz CT molecular complexity index is 790. The molecule has 2 heterocycles. The number of anilines is 1. The molecule has 4 nitrogen and oxygen atoms in total. The number of hydrogen-bond acceptors (Lipinski definition) is 4. The summed E-state index contributed by atoms with van der Waals surface area (Å²) in [6.07, 6.45) is -1.55. The Labute approximate surface area is 156 Å². The van der Waals surface area contributed by atoms with Gasteiger partial charge in [0.2, 0.25) is 0 Å². The van der Waals surface area contributed by atoms with Crippen LogP contribution in [-0.2, 0) is 12.7 Å². The average molecular weight is 377 g/mol. The van der Waals surface area contributed by atoms with Crippen molar-refractivity contribution in [3.05, 3.63) is 59.3 Å². The van der Waals surface area contributed by atoms with Gasteiger partial charge in [-0.2, -0.15) is 13.2 Å². The Morgan fingerprint density at radius 2 is 2.11 bits per heavy atom. The molecule has 1 N–H and O–H groups in total. The maximum Gasteiger partial charge on any atom is 0.417 e. The van der Waals surface area contributed by atoms with Gasteiger partial charge in [0.25, 0.3) is 0 Å². The second kappa shape index (κ2) is 8.08. The molecule has 0 saturated carbocycles. The van der Waals surface area contributed by atoms with E-state index in [0.717, 1.165) is 37.2 Å². The molecule has 1 aliphatic rings. The number of nitrogens with zero attached hydrogens (tertiary/aromatic N) is 2. The Kier molecular flexibility index (Phi) is 5.79. The lowest BCUT2D eigenvalue weighted by atomic mass is 10.0. The normalized spacial score (nSPS) is 17.8. The lowest BCUT2D eigenvalue weighted by molar-refractivity contribution is -0.137. The van der Waals surface area contributed by atoms with Gasteiger partial charge in [-0.15, -0.1) is 0 Å². The minimum atomic E-state index is -4.37. The van der Waals surface area contributed by atoms with E-state index in [1.165, 1.54) is 6.07 Å². The summed E-state index contributed by atoms with van der Waals surface area (Å²) >= 11 is 0. The first-order valence-corrected chi connectivity index (χ1v) is 8.94. The fraction of sp³-hybridized carbons (Fsp3) is 0.400. The van der Waals surface area contributed by atoms with E-state index < -0.39 is 11.7 Å². The van der Waals surface area contributed by atoms with Crippen molar-refractivity contribution in [2.24, 2.45) is 0 Å². The first-order valence-electron chi connectivity index (χ1n) is 8.94. The average Bonchev–Trinajstić information content (AvgIpc) is 2.66. The molecular weight excluding hydrogens is 355 g/mol. The zero-order valence-electron chi connectivity index (χ0n) is 15.1. The summed E-state index contributed by atoms with van der Waals surface area (Å²) in [7, 11) is 0. The van der Waals surface area contributed by atoms with Gasteiger partial charge in [-0.3, -0.25) is 4.79 Å². The molecule has 1 atom stereocenters. The van der Waals surface area contributed by atoms with Crippen LogP contribution in [0.5, 0.6) is 0 Å². The summed E-state index contributed by atoms with van der Waals surface area (Å²) in [6, 6.07) is 10.2. The maximum absolute atomic E-state index is 12.7. The summed E-state index contributed by atoms with van der Waals surface area (Å²) in [5.41, 5.74) is 0.990. The second-order valence-electron chi connectivity index (χ2n) is 6.83. The monoisotopic (exact) mass is 377 g/mol. The Balaban J connectivity index is 1.59. The molecule has 0 bridgehead atoms. The largest absolute Gasteiger partial charge is 0.417 e. The first kappa shape index (κ1) is 19.4. The molecule has 144 valence electrons. The van der Waals surface area contributed by atoms with Crippen molar-refractivity contribution < 1.29 is 18.0 Å². The third kappa shape index (κ3) is 5.07. The number of aromatic nitrogens is 1. The highest BCUT2D eigenvalue weighted by Gasteiger charge is 2.31. The van der Waals surface area contributed by atoms with Gasteiger partial charge in [0, 0.05) is 37.4 Å². The zero-order chi connectivity index (χ0) is 19.4. The van der Waals surface area contributed by atoms with Crippen LogP contribution >= 0.6 is 0 Å². The third-order valence-corrected chi connectivity index (χ3v) is 4.75. The standard InChI is InChI=1S/C20H22F3N3O/c1-14(27)16-5-2-4-15(10-16)11-24-18-6-3-9-26(13-18)19-8-7-17(12-25-19)20(21,22)23/h2,4-5,7-8,10,12,18,24H,3,6,9,11,13H2,1H3/t18-/m1/s1. The van der Waals surface area contributed by atoms with Gasteiger partial charge in [-0.25, -0.2) is 4.98 Å². The number of hydrogen-bond donors (Lipinski definition) is 1. The predicted molar refractivity (Wildman–Crippen MR) is 97.8 cm³/mol. The molecule has 3 rings (SSSR count). The van der Waals surface area contributed by atoms with Crippen molar-refractivity contribution in [3.8, 4) is 0 Å². The number of carbonyl (C=O) groups excluding carboxylic acids is 1. The Hall–Kier alpha value is -2.41. The molecule has 1 saturated heterocycles. The van der Waals surface area contributed by atoms with Gasteiger partial charge in [0.15, 0.2) is 5.78 Å². The van der Waals surface area contributed by atoms with Crippen molar-refractivity contribution in [2.45, 2.75) is 38.5 Å². The number of rotatable bonds is 5. The maximum atomic E-state index is 12.7. The summed E-state index contributed by atoms with van der Waals surface area (Å²) < 4.78 is 38.0. The minimum absolute atomic E-state index is 0.0362. The number of pyridine rings is 1. The van der Waals surface area contributed by atoms with Gasteiger partial charge in [-0.05, 0) is 43.5 Å². The predicted octanol–water partition coefficient (Wildman–Crippen LogP) is 4.06. The van der Waals surface area contributed by atoms with Gasteiger partial charge < -0.3 is 10.2 Å². The van der Waals surface area contributed by atoms with Crippen LogP contribution in [0.4, 0.5) is 19.0 Å². The molecule has 7 heteroatoms. The van der Waals surface area contributed by atoms with E-state index in [1.54, 1.807) is 13.0 Å². The minimum Gasteiger partial charge on any atom is -0.355 e. The van der Waals surface area contributed by atoms with Crippen LogP contribution in [0.25, 0.3) is 0 Å². The first-order chi connectivity index (χ1) is 12.8. The number of nitrogens with one attached hydrogen (secondary N) is 1. The van der Waals surface area contributed by atoms with E-state index >= 15 is 0 Å². The molecule has 0 spiro atoms. The van der Waals surface area contributed by atoms with Crippen molar-refractivity contribution in [3.63, 3.8) is 0 Å². The van der Waals surface area contributed by atoms with Gasteiger partial charge in [0.1, 0.15) is 5.82 Å². The van der Waals surface area contributed by atoms with Crippen LogP contribution in [0.3, 0.4) is 0 Å². The number of halogens is 3. The topological polar surface area (TPSA) is 45.2 Å². The Morgan fingerprint density at radius 3 is 2.78 bits per heavy atom. The van der Waals surface area contributed by atoms with Crippen molar-refractivity contribution in [2.75, 3.05) is 18.0 Å². The number of Topliss-reactive ketones (excluding diaryl/α,β-unsaturated/α-hetero) is 1. The number of piperidine rings is 1. The number of ketones is 1. The van der Waals surface area contributed by atoms with Crippen LogP contribution in [0.15, 0.2) is 42.6 Å². The van der Waals surface area contributed by atoms with Gasteiger partial charge in [-0.1, -0.05) is 18.2 Å². The molecule has 1 aromatic carbocycles. The van der Waals surface area contributed by atoms with Crippen LogP contribution in [0.2, 0.25) is 0 Å². The zero-order valence-corrected chi connectivity index (χ0v) is 15.1. The van der Waals surface area contributed by atoms with Crippen LogP contribution in [0, 0.1) is 0 Å². The number of alkyl halides is 3. The fourth-order valence-electron chi connectivity index (χ4n) is 3.26.